The number of esters is 1. The molecule has 0 bridgehead atoms. The van der Waals surface area contributed by atoms with E-state index >= 15 is 0 Å². The van der Waals surface area contributed by atoms with Gasteiger partial charge in [-0.15, -0.1) is 0 Å². The summed E-state index contributed by atoms with van der Waals surface area (Å²) in [6, 6.07) is 0.0531. The number of nitrogens with zero attached hydrogens (tertiary/aromatic N) is 1. The summed E-state index contributed by atoms with van der Waals surface area (Å²) in [5, 5.41) is 34.1. The van der Waals surface area contributed by atoms with Gasteiger partial charge in [-0.3, -0.25) is 4.79 Å². The fourth-order valence-electron chi connectivity index (χ4n) is 4.90. The number of ether oxygens (including phenoxy) is 3. The van der Waals surface area contributed by atoms with E-state index in [0.29, 0.717) is 31.8 Å². The summed E-state index contributed by atoms with van der Waals surface area (Å²) in [7, 11) is 5.49. The van der Waals surface area contributed by atoms with Gasteiger partial charge in [-0.05, 0) is 72.5 Å². The van der Waals surface area contributed by atoms with Crippen LogP contribution in [0, 0.1) is 17.8 Å². The Balaban J connectivity index is 2.88. The van der Waals surface area contributed by atoms with Gasteiger partial charge in [0.05, 0.1) is 43.5 Å². The quantitative estimate of drug-likeness (QED) is 0.247. The third kappa shape index (κ3) is 11.0. The number of carbonyl (C=O) groups excluding carboxylic acids is 1. The summed E-state index contributed by atoms with van der Waals surface area (Å²) >= 11 is 0. The Labute approximate surface area is 212 Å². The molecule has 0 aromatic carbocycles. The van der Waals surface area contributed by atoms with Crippen molar-refractivity contribution < 1.29 is 34.3 Å². The minimum absolute atomic E-state index is 0.0493. The van der Waals surface area contributed by atoms with Gasteiger partial charge < -0.3 is 39.7 Å². The van der Waals surface area contributed by atoms with Crippen LogP contribution in [-0.4, -0.2) is 103 Å². The number of rotatable bonds is 15. The van der Waals surface area contributed by atoms with Crippen LogP contribution in [-0.2, 0) is 19.0 Å². The van der Waals surface area contributed by atoms with Crippen LogP contribution in [0.3, 0.4) is 0 Å². The highest BCUT2D eigenvalue weighted by Gasteiger charge is 2.36. The lowest BCUT2D eigenvalue weighted by molar-refractivity contribution is -0.245. The lowest BCUT2D eigenvalue weighted by Gasteiger charge is -2.40. The highest BCUT2D eigenvalue weighted by atomic mass is 16.7. The molecule has 1 saturated heterocycles. The molecular weight excluding hydrogens is 452 g/mol. The molecule has 0 aromatic heterocycles. The zero-order valence-corrected chi connectivity index (χ0v) is 23.3. The van der Waals surface area contributed by atoms with Gasteiger partial charge in [0, 0.05) is 18.5 Å². The summed E-state index contributed by atoms with van der Waals surface area (Å²) in [6.07, 6.45) is -0.700. The summed E-state index contributed by atoms with van der Waals surface area (Å²) in [4.78, 5) is 14.2. The second kappa shape index (κ2) is 15.4. The number of nitrogens with one attached hydrogen (secondary N) is 1. The van der Waals surface area contributed by atoms with Crippen molar-refractivity contribution in [2.75, 3.05) is 27.7 Å². The lowest BCUT2D eigenvalue weighted by atomic mass is 9.87. The van der Waals surface area contributed by atoms with E-state index in [2.05, 4.69) is 24.3 Å². The van der Waals surface area contributed by atoms with Gasteiger partial charge in [-0.1, -0.05) is 20.8 Å². The zero-order chi connectivity index (χ0) is 26.9. The SMILES string of the molecule is COC(=O)C(C)C[C@H](C)[C@@H](OC1CC(N(C)C)CC(C)O1)C(O)C[C@@H](C)CNC(C)C(O)C(C)O. The standard InChI is InChI=1S/C26H52N2O7/c1-15(14-27-19(5)24(31)20(6)29)10-22(30)25(16(2)11-17(3)26(32)33-9)35-23-13-21(28(7)8)12-18(4)34-23/h15-25,27,29-31H,10-14H2,1-9H3/t15-,16+,17?,18?,19?,20?,21?,22?,23?,24?,25-/m1/s1. The Morgan fingerprint density at radius 2 is 1.71 bits per heavy atom. The number of aliphatic hydroxyl groups is 3. The van der Waals surface area contributed by atoms with Crippen LogP contribution in [0.4, 0.5) is 0 Å². The molecule has 11 atom stereocenters. The van der Waals surface area contributed by atoms with Crippen LogP contribution in [0.1, 0.15) is 67.2 Å². The summed E-state index contributed by atoms with van der Waals surface area (Å²) in [5.74, 6) is -0.598. The van der Waals surface area contributed by atoms with Crippen molar-refractivity contribution >= 4 is 5.97 Å². The van der Waals surface area contributed by atoms with Gasteiger partial charge in [0.2, 0.25) is 0 Å². The second-order valence-corrected chi connectivity index (χ2v) is 11.0. The molecule has 1 aliphatic heterocycles. The maximum atomic E-state index is 12.0. The number of methoxy groups -OCH3 is 1. The van der Waals surface area contributed by atoms with Gasteiger partial charge in [-0.25, -0.2) is 0 Å². The summed E-state index contributed by atoms with van der Waals surface area (Å²) in [6.45, 7) is 11.8. The highest BCUT2D eigenvalue weighted by Crippen LogP contribution is 2.30. The van der Waals surface area contributed by atoms with Crippen molar-refractivity contribution in [2.45, 2.75) is 116 Å². The monoisotopic (exact) mass is 504 g/mol. The zero-order valence-electron chi connectivity index (χ0n) is 23.3. The normalized spacial score (nSPS) is 28.0. The van der Waals surface area contributed by atoms with Crippen LogP contribution in [0.25, 0.3) is 0 Å². The molecule has 8 unspecified atom stereocenters. The molecule has 1 rings (SSSR count). The van der Waals surface area contributed by atoms with E-state index in [1.165, 1.54) is 7.11 Å². The average Bonchev–Trinajstić information content (AvgIpc) is 2.78. The van der Waals surface area contributed by atoms with Crippen LogP contribution in [0.2, 0.25) is 0 Å². The van der Waals surface area contributed by atoms with Gasteiger partial charge in [0.1, 0.15) is 0 Å². The largest absolute Gasteiger partial charge is 0.469 e. The van der Waals surface area contributed by atoms with Crippen molar-refractivity contribution in [1.29, 1.82) is 0 Å². The third-order valence-electron chi connectivity index (χ3n) is 7.20. The average molecular weight is 505 g/mol. The molecule has 1 aliphatic rings. The predicted molar refractivity (Wildman–Crippen MR) is 136 cm³/mol. The van der Waals surface area contributed by atoms with E-state index < -0.39 is 30.7 Å². The molecule has 9 nitrogen and oxygen atoms in total. The fourth-order valence-corrected chi connectivity index (χ4v) is 4.90. The molecule has 0 amide bonds. The smallest absolute Gasteiger partial charge is 0.308 e. The molecule has 4 N–H and O–H groups in total. The second-order valence-electron chi connectivity index (χ2n) is 11.0. The van der Waals surface area contributed by atoms with Gasteiger partial charge in [-0.2, -0.15) is 0 Å². The van der Waals surface area contributed by atoms with Crippen LogP contribution in [0.15, 0.2) is 0 Å². The van der Waals surface area contributed by atoms with Gasteiger partial charge in [0.25, 0.3) is 0 Å². The molecule has 208 valence electrons. The first-order valence-electron chi connectivity index (χ1n) is 13.1. The molecule has 0 spiro atoms. The van der Waals surface area contributed by atoms with Crippen molar-refractivity contribution in [3.8, 4) is 0 Å². The molecule has 9 heteroatoms. The first-order valence-corrected chi connectivity index (χ1v) is 13.1. The van der Waals surface area contributed by atoms with E-state index in [0.717, 1.165) is 6.42 Å². The Kier molecular flexibility index (Phi) is 14.2. The number of hydrogen-bond donors (Lipinski definition) is 4. The first kappa shape index (κ1) is 32.2. The minimum atomic E-state index is -0.863. The lowest BCUT2D eigenvalue weighted by Crippen LogP contribution is -2.48. The maximum Gasteiger partial charge on any atom is 0.308 e. The number of carbonyl (C=O) groups is 1. The number of aliphatic hydroxyl groups excluding tert-OH is 3. The van der Waals surface area contributed by atoms with Crippen LogP contribution >= 0.6 is 0 Å². The summed E-state index contributed by atoms with van der Waals surface area (Å²) < 4.78 is 17.4. The third-order valence-corrected chi connectivity index (χ3v) is 7.20. The van der Waals surface area contributed by atoms with E-state index in [1.807, 2.05) is 34.6 Å². The number of hydrogen-bond acceptors (Lipinski definition) is 9. The van der Waals surface area contributed by atoms with Crippen molar-refractivity contribution in [3.63, 3.8) is 0 Å². The molecule has 0 radical (unpaired) electrons. The van der Waals surface area contributed by atoms with Crippen molar-refractivity contribution in [1.82, 2.24) is 10.2 Å². The van der Waals surface area contributed by atoms with Crippen molar-refractivity contribution in [2.24, 2.45) is 17.8 Å². The fraction of sp³-hybridized carbons (Fsp3) is 0.962. The Morgan fingerprint density at radius 3 is 2.26 bits per heavy atom. The van der Waals surface area contributed by atoms with Gasteiger partial charge in [0.15, 0.2) is 6.29 Å². The van der Waals surface area contributed by atoms with Crippen molar-refractivity contribution in [3.05, 3.63) is 0 Å². The van der Waals surface area contributed by atoms with E-state index in [4.69, 9.17) is 14.2 Å². The first-order chi connectivity index (χ1) is 16.3. The Morgan fingerprint density at radius 1 is 1.09 bits per heavy atom. The molecule has 0 aromatic rings. The van der Waals surface area contributed by atoms with E-state index in [1.54, 1.807) is 6.92 Å². The maximum absolute atomic E-state index is 12.0. The van der Waals surface area contributed by atoms with E-state index in [9.17, 15) is 20.1 Å². The topological polar surface area (TPSA) is 121 Å². The van der Waals surface area contributed by atoms with Crippen LogP contribution < -0.4 is 5.32 Å². The Hall–Kier alpha value is -0.810. The Bertz CT molecular complexity index is 606. The van der Waals surface area contributed by atoms with E-state index in [-0.39, 0.29) is 35.9 Å². The van der Waals surface area contributed by atoms with Gasteiger partial charge >= 0.3 is 5.97 Å². The minimum Gasteiger partial charge on any atom is -0.469 e. The highest BCUT2D eigenvalue weighted by molar-refractivity contribution is 5.71. The molecule has 1 heterocycles. The summed E-state index contributed by atoms with van der Waals surface area (Å²) in [5.41, 5.74) is 0. The molecule has 1 fully saturated rings. The molecule has 0 saturated carbocycles. The molecular formula is C26H52N2O7. The molecule has 0 aliphatic carbocycles. The molecule has 35 heavy (non-hydrogen) atoms. The predicted octanol–water partition coefficient (Wildman–Crippen LogP) is 1.77. The van der Waals surface area contributed by atoms with Crippen LogP contribution in [0.5, 0.6) is 0 Å².